The number of allylic oxidation sites excluding steroid dienone is 5. The summed E-state index contributed by atoms with van der Waals surface area (Å²) in [6, 6.07) is 111. The zero-order valence-electron chi connectivity index (χ0n) is 48.6. The highest BCUT2D eigenvalue weighted by atomic mass is 32.3. The number of para-hydroxylation sites is 2. The highest BCUT2D eigenvalue weighted by Crippen LogP contribution is 2.74. The number of hydrogen-bond donors (Lipinski definition) is 0. The van der Waals surface area contributed by atoms with E-state index in [1.165, 1.54) is 130 Å². The third-order valence-electron chi connectivity index (χ3n) is 17.8. The smallest absolute Gasteiger partial charge is 0.0619 e. The van der Waals surface area contributed by atoms with Crippen LogP contribution in [-0.4, -0.2) is 9.13 Å². The van der Waals surface area contributed by atoms with Crippen LogP contribution in [0.3, 0.4) is 0 Å². The van der Waals surface area contributed by atoms with Gasteiger partial charge >= 0.3 is 0 Å². The van der Waals surface area contributed by atoms with Crippen LogP contribution < -0.4 is 0 Å². The quantitative estimate of drug-likeness (QED) is 0.108. The Kier molecular flexibility index (Phi) is 13.5. The molecule has 2 heterocycles. The molecule has 0 amide bonds. The Morgan fingerprint density at radius 1 is 0.364 bits per heavy atom. The number of hydrogen-bond acceptors (Lipinski definition) is 0. The van der Waals surface area contributed by atoms with Crippen LogP contribution in [0.5, 0.6) is 0 Å². The zero-order chi connectivity index (χ0) is 58.4. The minimum atomic E-state index is -2.33. The highest BCUT2D eigenvalue weighted by Gasteiger charge is 2.37. The molecule has 2 aliphatic rings. The van der Waals surface area contributed by atoms with Crippen LogP contribution in [0.1, 0.15) is 29.7 Å². The van der Waals surface area contributed by atoms with Crippen LogP contribution in [0.15, 0.2) is 341 Å². The predicted molar refractivity (Wildman–Crippen MR) is 372 cm³/mol. The van der Waals surface area contributed by atoms with Crippen molar-refractivity contribution in [2.24, 2.45) is 0 Å². The van der Waals surface area contributed by atoms with Gasteiger partial charge in [0.15, 0.2) is 0 Å². The predicted octanol–water partition coefficient (Wildman–Crippen LogP) is 22.7. The molecule has 3 heteroatoms. The van der Waals surface area contributed by atoms with Crippen molar-refractivity contribution in [3.05, 3.63) is 338 Å². The van der Waals surface area contributed by atoms with Gasteiger partial charge in [-0.05, 0) is 142 Å². The van der Waals surface area contributed by atoms with Crippen molar-refractivity contribution in [2.75, 3.05) is 0 Å². The summed E-state index contributed by atoms with van der Waals surface area (Å²) in [5, 5.41) is 3.68. The lowest BCUT2D eigenvalue weighted by Crippen LogP contribution is -2.11. The molecule has 416 valence electrons. The second kappa shape index (κ2) is 22.5. The Hall–Kier alpha value is -10.9. The monoisotopic (exact) mass is 1140 g/mol. The maximum absolute atomic E-state index is 3.59. The summed E-state index contributed by atoms with van der Waals surface area (Å²) in [4.78, 5) is 5.03. The van der Waals surface area contributed by atoms with E-state index in [1.807, 2.05) is 6.08 Å². The van der Waals surface area contributed by atoms with E-state index in [0.29, 0.717) is 6.42 Å². The van der Waals surface area contributed by atoms with Crippen LogP contribution in [0, 0.1) is 11.8 Å². The maximum atomic E-state index is 3.59. The molecule has 0 saturated heterocycles. The molecule has 0 bridgehead atoms. The van der Waals surface area contributed by atoms with E-state index in [0.717, 1.165) is 24.1 Å². The molecule has 0 saturated carbocycles. The summed E-state index contributed by atoms with van der Waals surface area (Å²) in [7, 11) is -2.33. The third-order valence-corrected chi connectivity index (χ3v) is 21.7. The lowest BCUT2D eigenvalue weighted by molar-refractivity contribution is 0.887. The van der Waals surface area contributed by atoms with Gasteiger partial charge in [0.2, 0.25) is 0 Å². The first-order valence-corrected chi connectivity index (χ1v) is 32.1. The van der Waals surface area contributed by atoms with Crippen molar-refractivity contribution >= 4 is 54.4 Å². The van der Waals surface area contributed by atoms with Crippen molar-refractivity contribution < 1.29 is 0 Å². The first kappa shape index (κ1) is 52.6. The number of benzene rings is 12. The van der Waals surface area contributed by atoms with E-state index in [2.05, 4.69) is 343 Å². The fraction of sp³-hybridized carbons (Fsp3) is 0.0353. The van der Waals surface area contributed by atoms with Crippen molar-refractivity contribution in [3.8, 4) is 78.9 Å². The zero-order valence-corrected chi connectivity index (χ0v) is 49.4. The van der Waals surface area contributed by atoms with Gasteiger partial charge in [-0.1, -0.05) is 261 Å². The average Bonchev–Trinajstić information content (AvgIpc) is 1.35. The number of fused-ring (bicyclic) bond motifs is 6. The summed E-state index contributed by atoms with van der Waals surface area (Å²) >= 11 is 0. The van der Waals surface area contributed by atoms with Crippen LogP contribution in [0.25, 0.3) is 111 Å². The van der Waals surface area contributed by atoms with Crippen LogP contribution >= 0.6 is 10.0 Å². The Balaban J connectivity index is 0.999. The van der Waals surface area contributed by atoms with E-state index in [1.54, 1.807) is 0 Å². The van der Waals surface area contributed by atoms with Gasteiger partial charge < -0.3 is 9.13 Å². The average molecular weight is 1140 g/mol. The van der Waals surface area contributed by atoms with E-state index in [-0.39, 0.29) is 0 Å². The lowest BCUT2D eigenvalue weighted by Gasteiger charge is -2.43. The van der Waals surface area contributed by atoms with E-state index in [4.69, 9.17) is 0 Å². The number of nitrogens with zero attached hydrogens (tertiary/aromatic N) is 2. The maximum Gasteiger partial charge on any atom is 0.0619 e. The molecule has 88 heavy (non-hydrogen) atoms. The summed E-state index contributed by atoms with van der Waals surface area (Å²) in [5.41, 5.74) is 22.7. The fourth-order valence-corrected chi connectivity index (χ4v) is 17.9. The molecule has 2 aliphatic carbocycles. The first-order chi connectivity index (χ1) is 43.7. The molecule has 0 aliphatic heterocycles. The van der Waals surface area contributed by atoms with E-state index < -0.39 is 10.0 Å². The SMILES string of the molecule is C1#CCC(c2cc(S(c3ccccc3)(c3cccc(-c4ccccc4)c3)c3cccc(-c4ccccc4)c3)cc(-c3ccccc3)c2-n2c3c(c4cc(-n5c6ccccc6c6cccc(-c7ccccc7-c7ccccc7)c65)ccc42)C=CCC3)=CC=C1. The van der Waals surface area contributed by atoms with E-state index >= 15 is 0 Å². The normalized spacial score (nSPS) is 13.0. The molecular formula is C85H60N2S. The van der Waals surface area contributed by atoms with Crippen molar-refractivity contribution in [1.82, 2.24) is 9.13 Å². The molecular weight excluding hydrogens is 1080 g/mol. The molecule has 0 radical (unpaired) electrons. The molecule has 0 fully saturated rings. The first-order valence-electron chi connectivity index (χ1n) is 30.5. The highest BCUT2D eigenvalue weighted by molar-refractivity contribution is 8.34. The molecule has 2 nitrogen and oxygen atoms in total. The minimum Gasteiger partial charge on any atom is -0.312 e. The lowest BCUT2D eigenvalue weighted by atomic mass is 9.93. The Morgan fingerprint density at radius 3 is 1.59 bits per heavy atom. The molecule has 0 spiro atoms. The summed E-state index contributed by atoms with van der Waals surface area (Å²) in [6.07, 6.45) is 13.6. The van der Waals surface area contributed by atoms with Crippen molar-refractivity contribution in [3.63, 3.8) is 0 Å². The van der Waals surface area contributed by atoms with Gasteiger partial charge in [-0.2, -0.15) is 0 Å². The Bertz CT molecular complexity index is 5070. The second-order valence-corrected chi connectivity index (χ2v) is 25.9. The molecule has 0 unspecified atom stereocenters. The summed E-state index contributed by atoms with van der Waals surface area (Å²) in [6.45, 7) is 0. The van der Waals surface area contributed by atoms with Gasteiger partial charge in [-0.25, -0.2) is 0 Å². The summed E-state index contributed by atoms with van der Waals surface area (Å²) in [5.74, 6) is 6.96. The van der Waals surface area contributed by atoms with Crippen LogP contribution in [0.2, 0.25) is 0 Å². The third kappa shape index (κ3) is 9.00. The number of rotatable bonds is 12. The largest absolute Gasteiger partial charge is 0.312 e. The van der Waals surface area contributed by atoms with Crippen molar-refractivity contribution in [2.45, 2.75) is 38.8 Å². The molecule has 14 aromatic rings. The standard InChI is InChI=1S/C85H60N2S/c1-2-9-36-63(35-8-1)78-58-71(88(68-41-18-7-19-42-68,69-43-26-39-65(55-69)60-29-10-3-11-30-60)70-44-27-40-66(56-70)61-31-12-4-13-32-61)59-79(64-37-16-6-17-38-64)85(78)87-82-52-25-23-48-75(82)80-57-67(53-54-83(80)87)86-81-51-24-22-47-74(81)77-50-28-49-76(84(77)86)73-46-21-20-45-72(73)62-33-14-5-15-34-62/h1,3-8,10-24,26-35,37-51,53-59H,25,36,52H2. The fourth-order valence-electron chi connectivity index (χ4n) is 13.9. The Morgan fingerprint density at radius 2 is 0.898 bits per heavy atom. The molecule has 12 aromatic carbocycles. The van der Waals surface area contributed by atoms with Gasteiger partial charge in [0.05, 0.1) is 22.2 Å². The van der Waals surface area contributed by atoms with Crippen LogP contribution in [0.4, 0.5) is 0 Å². The molecule has 0 N–H and O–H groups in total. The van der Waals surface area contributed by atoms with Gasteiger partial charge in [-0.15, -0.1) is 10.0 Å². The Labute approximate surface area is 516 Å². The van der Waals surface area contributed by atoms with Gasteiger partial charge in [-0.3, -0.25) is 0 Å². The molecule has 16 rings (SSSR count). The summed E-state index contributed by atoms with van der Waals surface area (Å²) < 4.78 is 5.18. The van der Waals surface area contributed by atoms with Gasteiger partial charge in [0.1, 0.15) is 0 Å². The molecule has 0 atom stereocenters. The van der Waals surface area contributed by atoms with Crippen LogP contribution in [-0.2, 0) is 6.42 Å². The minimum absolute atomic E-state index is 0.591. The van der Waals surface area contributed by atoms with Gasteiger partial charge in [0.25, 0.3) is 0 Å². The molecule has 2 aromatic heterocycles. The van der Waals surface area contributed by atoms with E-state index in [9.17, 15) is 0 Å². The topological polar surface area (TPSA) is 9.86 Å². The van der Waals surface area contributed by atoms with Gasteiger partial charge in [0, 0.05) is 75.8 Å². The second-order valence-electron chi connectivity index (χ2n) is 22.8. The van der Waals surface area contributed by atoms with Crippen molar-refractivity contribution in [1.29, 1.82) is 0 Å². The number of aromatic nitrogens is 2.